The number of nitrogens with zero attached hydrogens (tertiary/aromatic N) is 5. The largest absolute Gasteiger partial charge is 0.493 e. The molecule has 4 heterocycles. The van der Waals surface area contributed by atoms with E-state index in [2.05, 4.69) is 4.98 Å². The number of ether oxygens (including phenoxy) is 2. The minimum Gasteiger partial charge on any atom is -0.493 e. The van der Waals surface area contributed by atoms with Gasteiger partial charge in [0, 0.05) is 37.6 Å². The maximum absolute atomic E-state index is 14.3. The van der Waals surface area contributed by atoms with E-state index in [0.29, 0.717) is 50.8 Å². The number of benzene rings is 1. The average molecular weight is 686 g/mol. The van der Waals surface area contributed by atoms with Gasteiger partial charge in [-0.1, -0.05) is 19.9 Å². The van der Waals surface area contributed by atoms with Crippen molar-refractivity contribution < 1.29 is 28.6 Å². The molecule has 1 N–H and O–H groups in total. The Morgan fingerprint density at radius 3 is 2.32 bits per heavy atom. The monoisotopic (exact) mass is 685 g/mol. The lowest BCUT2D eigenvalue weighted by molar-refractivity contribution is -0.151. The summed E-state index contributed by atoms with van der Waals surface area (Å²) in [5.41, 5.74) is -1.49. The molecule has 50 heavy (non-hydrogen) atoms. The van der Waals surface area contributed by atoms with E-state index in [0.717, 1.165) is 4.57 Å². The zero-order valence-corrected chi connectivity index (χ0v) is 29.0. The maximum atomic E-state index is 14.3. The van der Waals surface area contributed by atoms with E-state index in [-0.39, 0.29) is 55.4 Å². The van der Waals surface area contributed by atoms with E-state index >= 15 is 0 Å². The number of allylic oxidation sites excluding steroid dienone is 4. The number of methoxy groups -OCH3 is 2. The molecule has 1 aromatic carbocycles. The summed E-state index contributed by atoms with van der Waals surface area (Å²) in [5, 5.41) is 9.80. The SMILES string of the molecule is COc1cc2nc(CCn3c(=O)n4n(c3=O)[C@@H]3C[C@@]5(C)C(=O)C(C)=C(C)C(=O)[C@@]5(C)[C@@H](c5ccc(CO)o5)C3=CC4)c(=O)n(C)c2cc1OC. The summed E-state index contributed by atoms with van der Waals surface area (Å²) < 4.78 is 22.1. The van der Waals surface area contributed by atoms with Gasteiger partial charge in [-0.2, -0.15) is 0 Å². The minimum atomic E-state index is -1.27. The Morgan fingerprint density at radius 1 is 0.980 bits per heavy atom. The first-order valence-corrected chi connectivity index (χ1v) is 16.4. The Balaban J connectivity index is 1.32. The summed E-state index contributed by atoms with van der Waals surface area (Å²) in [6, 6.07) is 5.89. The number of aliphatic hydroxyl groups excluding tert-OH is 1. The van der Waals surface area contributed by atoms with Crippen molar-refractivity contribution in [1.82, 2.24) is 23.5 Å². The van der Waals surface area contributed by atoms with E-state index < -0.39 is 34.2 Å². The van der Waals surface area contributed by atoms with Gasteiger partial charge in [-0.25, -0.2) is 28.5 Å². The normalized spacial score (nSPS) is 24.6. The molecule has 3 aromatic heterocycles. The molecule has 0 saturated heterocycles. The quantitative estimate of drug-likeness (QED) is 0.285. The maximum Gasteiger partial charge on any atom is 0.347 e. The van der Waals surface area contributed by atoms with Crippen LogP contribution in [0.2, 0.25) is 0 Å². The number of furan rings is 1. The fourth-order valence-electron chi connectivity index (χ4n) is 8.46. The van der Waals surface area contributed by atoms with Gasteiger partial charge in [-0.05, 0) is 49.1 Å². The Bertz CT molecular complexity index is 2380. The summed E-state index contributed by atoms with van der Waals surface area (Å²) in [4.78, 5) is 74.5. The zero-order valence-electron chi connectivity index (χ0n) is 29.0. The molecule has 1 saturated carbocycles. The molecule has 0 spiro atoms. The average Bonchev–Trinajstić information content (AvgIpc) is 3.68. The predicted octanol–water partition coefficient (Wildman–Crippen LogP) is 2.57. The Kier molecular flexibility index (Phi) is 7.59. The van der Waals surface area contributed by atoms with Crippen LogP contribution in [0.4, 0.5) is 0 Å². The number of aromatic nitrogens is 5. The van der Waals surface area contributed by atoms with Crippen LogP contribution in [0, 0.1) is 10.8 Å². The molecular weight excluding hydrogens is 646 g/mol. The van der Waals surface area contributed by atoms with Crippen molar-refractivity contribution in [3.63, 3.8) is 0 Å². The van der Waals surface area contributed by atoms with Crippen molar-refractivity contribution in [1.29, 1.82) is 0 Å². The van der Waals surface area contributed by atoms with Crippen molar-refractivity contribution in [2.24, 2.45) is 17.9 Å². The second-order valence-electron chi connectivity index (χ2n) is 13.8. The highest BCUT2D eigenvalue weighted by Gasteiger charge is 2.67. The fourth-order valence-corrected chi connectivity index (χ4v) is 8.46. The van der Waals surface area contributed by atoms with E-state index in [1.54, 1.807) is 59.0 Å². The van der Waals surface area contributed by atoms with Crippen molar-refractivity contribution in [3.05, 3.63) is 95.6 Å². The number of carbonyl (C=O) groups is 2. The summed E-state index contributed by atoms with van der Waals surface area (Å²) >= 11 is 0. The van der Waals surface area contributed by atoms with Gasteiger partial charge in [-0.3, -0.25) is 14.4 Å². The molecule has 4 atom stereocenters. The third-order valence-electron chi connectivity index (χ3n) is 11.5. The van der Waals surface area contributed by atoms with Crippen molar-refractivity contribution in [2.45, 2.75) is 72.2 Å². The summed E-state index contributed by atoms with van der Waals surface area (Å²) in [6.45, 7) is 6.41. The van der Waals surface area contributed by atoms with Crippen molar-refractivity contribution >= 4 is 22.6 Å². The number of aryl methyl sites for hydroxylation is 2. The number of hydrogen-bond acceptors (Lipinski definition) is 10. The predicted molar refractivity (Wildman–Crippen MR) is 180 cm³/mol. The van der Waals surface area contributed by atoms with Crippen LogP contribution in [0.15, 0.2) is 65.9 Å². The van der Waals surface area contributed by atoms with Crippen LogP contribution in [-0.4, -0.2) is 54.4 Å². The van der Waals surface area contributed by atoms with Gasteiger partial charge in [0.25, 0.3) is 5.56 Å². The third kappa shape index (κ3) is 4.30. The highest BCUT2D eigenvalue weighted by molar-refractivity contribution is 6.17. The number of hydrogen-bond donors (Lipinski definition) is 1. The molecule has 4 aromatic rings. The highest BCUT2D eigenvalue weighted by Crippen LogP contribution is 2.66. The zero-order chi connectivity index (χ0) is 36.0. The molecule has 14 nitrogen and oxygen atoms in total. The van der Waals surface area contributed by atoms with E-state index in [1.165, 1.54) is 28.2 Å². The standard InChI is InChI=1S/C36H39N5O9/c1-18-19(2)31(44)36(4)29(26-9-8-20(17-42)50-26)21-10-13-40-33(46)39(34(47)41(40)25(21)16-35(36,3)30(18)43)12-11-22-32(45)38(5)24-15-28(49-7)27(48-6)14-23(24)37-22/h8-10,14-15,25,29,42H,11-13,16-17H2,1-7H3/t25-,29-,35+,36-/m1/s1. The van der Waals surface area contributed by atoms with E-state index in [9.17, 15) is 29.1 Å². The molecule has 0 bridgehead atoms. The van der Waals surface area contributed by atoms with Crippen LogP contribution in [-0.2, 0) is 42.8 Å². The Labute approximate surface area is 285 Å². The second-order valence-corrected chi connectivity index (χ2v) is 13.8. The molecule has 1 fully saturated rings. The molecule has 0 radical (unpaired) electrons. The number of carbonyl (C=O) groups excluding carboxylic acids is 2. The van der Waals surface area contributed by atoms with Gasteiger partial charge < -0.3 is 23.6 Å². The second kappa shape index (κ2) is 11.4. The number of rotatable bonds is 7. The van der Waals surface area contributed by atoms with Gasteiger partial charge in [0.1, 0.15) is 23.8 Å². The van der Waals surface area contributed by atoms with Crippen molar-refractivity contribution in [2.75, 3.05) is 14.2 Å². The van der Waals surface area contributed by atoms with Gasteiger partial charge in [0.2, 0.25) is 0 Å². The van der Waals surface area contributed by atoms with Crippen LogP contribution in [0.5, 0.6) is 11.5 Å². The van der Waals surface area contributed by atoms with Gasteiger partial charge in [-0.15, -0.1) is 0 Å². The lowest BCUT2D eigenvalue weighted by Gasteiger charge is -2.57. The van der Waals surface area contributed by atoms with Crippen LogP contribution >= 0.6 is 0 Å². The lowest BCUT2D eigenvalue weighted by atomic mass is 9.44. The van der Waals surface area contributed by atoms with Crippen LogP contribution < -0.4 is 26.4 Å². The lowest BCUT2D eigenvalue weighted by Crippen LogP contribution is -2.61. The summed E-state index contributed by atoms with van der Waals surface area (Å²) in [5.74, 6) is 0.428. The molecule has 2 aliphatic carbocycles. The first-order chi connectivity index (χ1) is 23.7. The topological polar surface area (TPSA) is 170 Å². The Morgan fingerprint density at radius 2 is 1.66 bits per heavy atom. The molecule has 7 rings (SSSR count). The van der Waals surface area contributed by atoms with Crippen LogP contribution in [0.1, 0.15) is 63.3 Å². The highest BCUT2D eigenvalue weighted by atomic mass is 16.5. The van der Waals surface area contributed by atoms with Crippen molar-refractivity contribution in [3.8, 4) is 11.5 Å². The molecule has 14 heteroatoms. The third-order valence-corrected chi connectivity index (χ3v) is 11.5. The first-order valence-electron chi connectivity index (χ1n) is 16.4. The smallest absolute Gasteiger partial charge is 0.347 e. The molecule has 262 valence electrons. The number of ketones is 2. The number of Topliss-reactive ketones (excluding diaryl/α,β-unsaturated/α-hetero) is 2. The number of aliphatic hydroxyl groups is 1. The summed E-state index contributed by atoms with van der Waals surface area (Å²) in [7, 11) is 4.61. The van der Waals surface area contributed by atoms with Crippen LogP contribution in [0.3, 0.4) is 0 Å². The van der Waals surface area contributed by atoms with E-state index in [4.69, 9.17) is 13.9 Å². The summed E-state index contributed by atoms with van der Waals surface area (Å²) in [6.07, 6.45) is 1.93. The first kappa shape index (κ1) is 33.3. The molecule has 0 unspecified atom stereocenters. The van der Waals surface area contributed by atoms with Crippen LogP contribution in [0.25, 0.3) is 11.0 Å². The van der Waals surface area contributed by atoms with E-state index in [1.807, 2.05) is 6.08 Å². The van der Waals surface area contributed by atoms with Gasteiger partial charge in [0.15, 0.2) is 23.1 Å². The Hall–Kier alpha value is -5.24. The molecule has 1 aliphatic heterocycles. The fraction of sp³-hybridized carbons (Fsp3) is 0.444. The van der Waals surface area contributed by atoms with Gasteiger partial charge in [0.05, 0.1) is 49.2 Å². The molecule has 0 amide bonds. The molecular formula is C36H39N5O9. The minimum absolute atomic E-state index is 0.00787. The van der Waals surface area contributed by atoms with Gasteiger partial charge >= 0.3 is 11.4 Å². The number of fused-ring (bicyclic) bond motifs is 5. The molecule has 3 aliphatic rings.